The van der Waals surface area contributed by atoms with Gasteiger partial charge >= 0.3 is 0 Å². The fourth-order valence-corrected chi connectivity index (χ4v) is 1.56. The lowest BCUT2D eigenvalue weighted by atomic mass is 10.3. The van der Waals surface area contributed by atoms with Gasteiger partial charge in [0.1, 0.15) is 0 Å². The van der Waals surface area contributed by atoms with E-state index in [2.05, 4.69) is 16.9 Å². The van der Waals surface area contributed by atoms with E-state index in [9.17, 15) is 0 Å². The Balaban J connectivity index is 3.02. The van der Waals surface area contributed by atoms with E-state index in [1.807, 2.05) is 25.8 Å². The highest BCUT2D eigenvalue weighted by Gasteiger charge is 2.10. The van der Waals surface area contributed by atoms with Gasteiger partial charge in [0.05, 0.1) is 11.4 Å². The van der Waals surface area contributed by atoms with Gasteiger partial charge in [-0.15, -0.1) is 0 Å². The standard InChI is InChI=1S/C10H16ClN3/c1-5-6-14(4)10-9(11)12-7(2)8(3)13-10/h5-6H2,1-4H3. The monoisotopic (exact) mass is 213 g/mol. The van der Waals surface area contributed by atoms with Crippen LogP contribution in [0.3, 0.4) is 0 Å². The van der Waals surface area contributed by atoms with Crippen molar-refractivity contribution in [2.45, 2.75) is 27.2 Å². The summed E-state index contributed by atoms with van der Waals surface area (Å²) in [6, 6.07) is 0. The second-order valence-electron chi connectivity index (χ2n) is 3.43. The van der Waals surface area contributed by atoms with Crippen molar-refractivity contribution in [3.8, 4) is 0 Å². The molecule has 4 heteroatoms. The zero-order valence-corrected chi connectivity index (χ0v) is 9.89. The van der Waals surface area contributed by atoms with Gasteiger partial charge in [0.25, 0.3) is 0 Å². The molecule has 1 heterocycles. The third-order valence-corrected chi connectivity index (χ3v) is 2.42. The quantitative estimate of drug-likeness (QED) is 0.773. The third kappa shape index (κ3) is 2.35. The summed E-state index contributed by atoms with van der Waals surface area (Å²) in [4.78, 5) is 10.7. The highest BCUT2D eigenvalue weighted by Crippen LogP contribution is 2.21. The molecule has 0 aliphatic carbocycles. The summed E-state index contributed by atoms with van der Waals surface area (Å²) in [6.07, 6.45) is 1.07. The molecule has 0 fully saturated rings. The van der Waals surface area contributed by atoms with Crippen LogP contribution in [0.15, 0.2) is 0 Å². The molecular formula is C10H16ClN3. The van der Waals surface area contributed by atoms with Crippen LogP contribution in [0.2, 0.25) is 5.15 Å². The minimum absolute atomic E-state index is 0.490. The minimum atomic E-state index is 0.490. The van der Waals surface area contributed by atoms with Gasteiger partial charge in [-0.25, -0.2) is 9.97 Å². The molecular weight excluding hydrogens is 198 g/mol. The average molecular weight is 214 g/mol. The smallest absolute Gasteiger partial charge is 0.171 e. The topological polar surface area (TPSA) is 29.0 Å². The maximum Gasteiger partial charge on any atom is 0.171 e. The second-order valence-corrected chi connectivity index (χ2v) is 3.79. The molecule has 0 amide bonds. The Morgan fingerprint density at radius 3 is 2.36 bits per heavy atom. The normalized spacial score (nSPS) is 10.4. The first-order chi connectivity index (χ1) is 6.56. The number of rotatable bonds is 3. The molecule has 0 saturated heterocycles. The number of hydrogen-bond donors (Lipinski definition) is 0. The number of nitrogens with zero attached hydrogens (tertiary/aromatic N) is 3. The fraction of sp³-hybridized carbons (Fsp3) is 0.600. The van der Waals surface area contributed by atoms with E-state index in [0.717, 1.165) is 30.2 Å². The zero-order chi connectivity index (χ0) is 10.7. The lowest BCUT2D eigenvalue weighted by molar-refractivity contribution is 0.827. The number of hydrogen-bond acceptors (Lipinski definition) is 3. The molecule has 78 valence electrons. The van der Waals surface area contributed by atoms with E-state index in [-0.39, 0.29) is 0 Å². The summed E-state index contributed by atoms with van der Waals surface area (Å²) in [6.45, 7) is 6.93. The molecule has 0 atom stereocenters. The largest absolute Gasteiger partial charge is 0.357 e. The predicted molar refractivity (Wildman–Crippen MR) is 60.1 cm³/mol. The first-order valence-corrected chi connectivity index (χ1v) is 5.16. The van der Waals surface area contributed by atoms with E-state index >= 15 is 0 Å². The van der Waals surface area contributed by atoms with E-state index < -0.39 is 0 Å². The summed E-state index contributed by atoms with van der Waals surface area (Å²) >= 11 is 6.02. The van der Waals surface area contributed by atoms with Gasteiger partial charge in [0.2, 0.25) is 0 Å². The van der Waals surface area contributed by atoms with E-state index in [1.54, 1.807) is 0 Å². The molecule has 3 nitrogen and oxygen atoms in total. The lowest BCUT2D eigenvalue weighted by Gasteiger charge is -2.18. The lowest BCUT2D eigenvalue weighted by Crippen LogP contribution is -2.20. The molecule has 0 aliphatic heterocycles. The van der Waals surface area contributed by atoms with Crippen molar-refractivity contribution < 1.29 is 0 Å². The molecule has 0 aliphatic rings. The Labute approximate surface area is 90.1 Å². The van der Waals surface area contributed by atoms with Crippen LogP contribution in [-0.4, -0.2) is 23.6 Å². The Morgan fingerprint density at radius 2 is 1.79 bits per heavy atom. The second kappa shape index (κ2) is 4.60. The molecule has 0 aromatic carbocycles. The average Bonchev–Trinajstić information content (AvgIpc) is 2.11. The van der Waals surface area contributed by atoms with Crippen LogP contribution >= 0.6 is 11.6 Å². The molecule has 0 saturated carbocycles. The van der Waals surface area contributed by atoms with Gasteiger partial charge in [-0.05, 0) is 20.3 Å². The van der Waals surface area contributed by atoms with E-state index in [4.69, 9.17) is 11.6 Å². The molecule has 1 aromatic heterocycles. The molecule has 0 spiro atoms. The third-order valence-electron chi connectivity index (χ3n) is 2.17. The molecule has 1 aromatic rings. The highest BCUT2D eigenvalue weighted by atomic mass is 35.5. The van der Waals surface area contributed by atoms with Crippen molar-refractivity contribution >= 4 is 17.4 Å². The molecule has 0 radical (unpaired) electrons. The van der Waals surface area contributed by atoms with Gasteiger partial charge in [-0.2, -0.15) is 0 Å². The van der Waals surface area contributed by atoms with Crippen LogP contribution < -0.4 is 4.90 Å². The summed E-state index contributed by atoms with van der Waals surface area (Å²) in [5.41, 5.74) is 1.83. The van der Waals surface area contributed by atoms with Crippen molar-refractivity contribution in [2.75, 3.05) is 18.5 Å². The van der Waals surface area contributed by atoms with Gasteiger partial charge in [0, 0.05) is 13.6 Å². The Hall–Kier alpha value is -0.830. The number of aromatic nitrogens is 2. The number of halogens is 1. The highest BCUT2D eigenvalue weighted by molar-refractivity contribution is 6.31. The van der Waals surface area contributed by atoms with Crippen LogP contribution in [0.4, 0.5) is 5.82 Å². The van der Waals surface area contributed by atoms with Crippen LogP contribution in [0.1, 0.15) is 24.7 Å². The molecule has 0 bridgehead atoms. The maximum atomic E-state index is 6.02. The number of anilines is 1. The van der Waals surface area contributed by atoms with Crippen LogP contribution in [0.5, 0.6) is 0 Å². The van der Waals surface area contributed by atoms with Crippen LogP contribution in [0, 0.1) is 13.8 Å². The SMILES string of the molecule is CCCN(C)c1nc(C)c(C)nc1Cl. The van der Waals surface area contributed by atoms with Crippen molar-refractivity contribution in [3.05, 3.63) is 16.5 Å². The first kappa shape index (κ1) is 11.2. The fourth-order valence-electron chi connectivity index (χ4n) is 1.25. The van der Waals surface area contributed by atoms with Gasteiger partial charge in [-0.1, -0.05) is 18.5 Å². The Morgan fingerprint density at radius 1 is 1.21 bits per heavy atom. The van der Waals surface area contributed by atoms with E-state index in [0.29, 0.717) is 5.15 Å². The maximum absolute atomic E-state index is 6.02. The Bertz CT molecular complexity index is 325. The van der Waals surface area contributed by atoms with Crippen molar-refractivity contribution in [3.63, 3.8) is 0 Å². The molecule has 1 rings (SSSR count). The van der Waals surface area contributed by atoms with Crippen LogP contribution in [-0.2, 0) is 0 Å². The summed E-state index contributed by atoms with van der Waals surface area (Å²) in [7, 11) is 1.98. The predicted octanol–water partition coefficient (Wildman–Crippen LogP) is 2.59. The van der Waals surface area contributed by atoms with Crippen molar-refractivity contribution in [2.24, 2.45) is 0 Å². The van der Waals surface area contributed by atoms with Gasteiger partial charge in [-0.3, -0.25) is 0 Å². The van der Waals surface area contributed by atoms with Crippen molar-refractivity contribution in [1.29, 1.82) is 0 Å². The summed E-state index contributed by atoms with van der Waals surface area (Å²) in [5, 5.41) is 0.490. The van der Waals surface area contributed by atoms with Gasteiger partial charge < -0.3 is 4.90 Å². The minimum Gasteiger partial charge on any atom is -0.357 e. The first-order valence-electron chi connectivity index (χ1n) is 4.78. The Kier molecular flexibility index (Phi) is 3.69. The van der Waals surface area contributed by atoms with E-state index in [1.165, 1.54) is 0 Å². The zero-order valence-electron chi connectivity index (χ0n) is 9.13. The van der Waals surface area contributed by atoms with Crippen LogP contribution in [0.25, 0.3) is 0 Å². The van der Waals surface area contributed by atoms with Gasteiger partial charge in [0.15, 0.2) is 11.0 Å². The summed E-state index contributed by atoms with van der Waals surface area (Å²) in [5.74, 6) is 0.775. The summed E-state index contributed by atoms with van der Waals surface area (Å²) < 4.78 is 0. The number of aryl methyl sites for hydroxylation is 2. The van der Waals surface area contributed by atoms with Crippen molar-refractivity contribution in [1.82, 2.24) is 9.97 Å². The molecule has 0 unspecified atom stereocenters. The molecule has 0 N–H and O–H groups in total. The molecule has 14 heavy (non-hydrogen) atoms.